The fourth-order valence-corrected chi connectivity index (χ4v) is 5.02. The summed E-state index contributed by atoms with van der Waals surface area (Å²) >= 11 is 0. The average Bonchev–Trinajstić information content (AvgIpc) is 2.81. The third-order valence-electron chi connectivity index (χ3n) is 5.69. The Kier molecular flexibility index (Phi) is 4.95. The first-order chi connectivity index (χ1) is 15.8. The number of fused-ring (bicyclic) bond motifs is 2. The predicted octanol–water partition coefficient (Wildman–Crippen LogP) is 5.31. The number of phenolic OH excluding ortho intramolecular Hbond substituents is 1. The van der Waals surface area contributed by atoms with Crippen molar-refractivity contribution in [2.24, 2.45) is 4.40 Å². The number of ketones is 1. The van der Waals surface area contributed by atoms with E-state index in [9.17, 15) is 18.3 Å². The van der Waals surface area contributed by atoms with Crippen LogP contribution in [-0.4, -0.2) is 25.0 Å². The highest BCUT2D eigenvalue weighted by atomic mass is 32.2. The number of carbonyl (C=O) groups excluding carboxylic acids is 1. The van der Waals surface area contributed by atoms with Crippen molar-refractivity contribution in [3.63, 3.8) is 0 Å². The van der Waals surface area contributed by atoms with Crippen LogP contribution in [-0.2, 0) is 10.0 Å². The van der Waals surface area contributed by atoms with Crippen molar-refractivity contribution in [2.45, 2.75) is 11.8 Å². The number of aryl methyl sites for hydroxylation is 1. The van der Waals surface area contributed by atoms with Gasteiger partial charge in [-0.3, -0.25) is 4.79 Å². The summed E-state index contributed by atoms with van der Waals surface area (Å²) in [6.45, 7) is 1.87. The predicted molar refractivity (Wildman–Crippen MR) is 129 cm³/mol. The van der Waals surface area contributed by atoms with Crippen LogP contribution in [0.2, 0.25) is 0 Å². The van der Waals surface area contributed by atoms with Crippen LogP contribution in [0.3, 0.4) is 0 Å². The van der Waals surface area contributed by atoms with Crippen molar-refractivity contribution in [2.75, 3.05) is 0 Å². The van der Waals surface area contributed by atoms with E-state index in [1.165, 1.54) is 24.3 Å². The molecule has 0 unspecified atom stereocenters. The van der Waals surface area contributed by atoms with Gasteiger partial charge in [0.25, 0.3) is 10.0 Å². The molecule has 0 bridgehead atoms. The van der Waals surface area contributed by atoms with Gasteiger partial charge in [0, 0.05) is 22.3 Å². The molecule has 4 aromatic carbocycles. The molecule has 0 heterocycles. The van der Waals surface area contributed by atoms with Crippen molar-refractivity contribution in [3.8, 4) is 5.75 Å². The molecule has 162 valence electrons. The second-order valence-corrected chi connectivity index (χ2v) is 9.48. The van der Waals surface area contributed by atoms with Crippen molar-refractivity contribution in [3.05, 3.63) is 113 Å². The molecule has 0 radical (unpaired) electrons. The van der Waals surface area contributed by atoms with Crippen molar-refractivity contribution in [1.82, 2.24) is 0 Å². The molecule has 5 rings (SSSR count). The molecular weight excluding hydrogens is 434 g/mol. The molecule has 33 heavy (non-hydrogen) atoms. The van der Waals surface area contributed by atoms with Crippen LogP contribution >= 0.6 is 0 Å². The van der Waals surface area contributed by atoms with Crippen LogP contribution in [0.5, 0.6) is 5.75 Å². The van der Waals surface area contributed by atoms with Gasteiger partial charge >= 0.3 is 0 Å². The maximum atomic E-state index is 13.4. The first-order valence-corrected chi connectivity index (χ1v) is 11.8. The maximum Gasteiger partial charge on any atom is 0.282 e. The molecular formula is C27H19NO4S. The van der Waals surface area contributed by atoms with Crippen molar-refractivity contribution < 1.29 is 18.3 Å². The Morgan fingerprint density at radius 2 is 1.45 bits per heavy atom. The number of nitrogens with zero attached hydrogens (tertiary/aromatic N) is 1. The van der Waals surface area contributed by atoms with Gasteiger partial charge < -0.3 is 5.11 Å². The lowest BCUT2D eigenvalue weighted by molar-refractivity contribution is 0.105. The third kappa shape index (κ3) is 3.64. The lowest BCUT2D eigenvalue weighted by Gasteiger charge is -2.19. The zero-order valence-corrected chi connectivity index (χ0v) is 18.5. The molecule has 5 nitrogen and oxygen atoms in total. The van der Waals surface area contributed by atoms with E-state index < -0.39 is 10.0 Å². The number of hydrogen-bond donors (Lipinski definition) is 1. The zero-order valence-electron chi connectivity index (χ0n) is 17.7. The molecule has 6 heteroatoms. The van der Waals surface area contributed by atoms with Gasteiger partial charge in [0.15, 0.2) is 5.78 Å². The third-order valence-corrected chi connectivity index (χ3v) is 6.99. The smallest absolute Gasteiger partial charge is 0.282 e. The second-order valence-electron chi connectivity index (χ2n) is 7.88. The molecule has 0 spiro atoms. The Balaban J connectivity index is 1.77. The minimum atomic E-state index is -4.03. The van der Waals surface area contributed by atoms with E-state index >= 15 is 0 Å². The summed E-state index contributed by atoms with van der Waals surface area (Å²) in [5.74, 6) is -0.364. The summed E-state index contributed by atoms with van der Waals surface area (Å²) in [6.07, 6.45) is 1.46. The van der Waals surface area contributed by atoms with Crippen LogP contribution in [0.4, 0.5) is 0 Å². The van der Waals surface area contributed by atoms with Crippen LogP contribution in [0.1, 0.15) is 27.0 Å². The Morgan fingerprint density at radius 3 is 2.21 bits per heavy atom. The molecule has 4 aromatic rings. The summed E-state index contributed by atoms with van der Waals surface area (Å²) in [5.41, 5.74) is 2.40. The van der Waals surface area contributed by atoms with E-state index in [4.69, 9.17) is 0 Å². The van der Waals surface area contributed by atoms with Crippen LogP contribution in [0.25, 0.3) is 16.3 Å². The van der Waals surface area contributed by atoms with Gasteiger partial charge in [-0.25, -0.2) is 0 Å². The molecule has 0 atom stereocenters. The summed E-state index contributed by atoms with van der Waals surface area (Å²) in [7, 11) is -4.03. The Bertz CT molecular complexity index is 1600. The maximum absolute atomic E-state index is 13.4. The number of sulfonamides is 1. The quantitative estimate of drug-likeness (QED) is 0.456. The summed E-state index contributed by atoms with van der Waals surface area (Å²) in [4.78, 5) is 13.5. The Hall–Kier alpha value is -4.03. The number of carbonyl (C=O) groups is 1. The van der Waals surface area contributed by atoms with E-state index in [0.29, 0.717) is 22.1 Å². The number of aromatic hydroxyl groups is 1. The van der Waals surface area contributed by atoms with Gasteiger partial charge in [-0.15, -0.1) is 0 Å². The van der Waals surface area contributed by atoms with E-state index in [0.717, 1.165) is 10.9 Å². The van der Waals surface area contributed by atoms with Gasteiger partial charge in [0.05, 0.1) is 10.6 Å². The molecule has 0 aromatic heterocycles. The standard InChI is InChI=1S/C27H19NO4S/c1-17-10-13-19(14-11-17)33(31,32)28-24-16-23(27(30)22-9-5-4-8-21(22)24)26-20-7-3-2-6-18(20)12-15-25(26)29/h2-16,29H,1H3. The highest BCUT2D eigenvalue weighted by Crippen LogP contribution is 2.37. The fraction of sp³-hybridized carbons (Fsp3) is 0.0370. The minimum Gasteiger partial charge on any atom is -0.507 e. The lowest BCUT2D eigenvalue weighted by Crippen LogP contribution is -2.18. The molecule has 0 fully saturated rings. The van der Waals surface area contributed by atoms with E-state index in [-0.39, 0.29) is 27.7 Å². The number of rotatable bonds is 3. The van der Waals surface area contributed by atoms with Gasteiger partial charge in [0.2, 0.25) is 0 Å². The topological polar surface area (TPSA) is 83.8 Å². The van der Waals surface area contributed by atoms with E-state index in [1.54, 1.807) is 42.5 Å². The first-order valence-electron chi connectivity index (χ1n) is 10.3. The summed E-state index contributed by atoms with van der Waals surface area (Å²) in [5, 5.41) is 12.2. The van der Waals surface area contributed by atoms with E-state index in [2.05, 4.69) is 4.40 Å². The molecule has 0 aliphatic heterocycles. The SMILES string of the molecule is Cc1ccc(S(=O)(=O)N=C2C=C(c3c(O)ccc4ccccc34)C(=O)c3ccccc32)cc1. The van der Waals surface area contributed by atoms with E-state index in [1.807, 2.05) is 31.2 Å². The number of phenols is 1. The largest absolute Gasteiger partial charge is 0.507 e. The number of allylic oxidation sites excluding steroid dienone is 2. The number of hydrogen-bond acceptors (Lipinski definition) is 4. The fourth-order valence-electron chi connectivity index (χ4n) is 4.03. The Labute approximate surface area is 191 Å². The van der Waals surface area contributed by atoms with Crippen molar-refractivity contribution >= 4 is 37.9 Å². The summed E-state index contributed by atoms with van der Waals surface area (Å²) < 4.78 is 30.3. The summed E-state index contributed by atoms with van der Waals surface area (Å²) in [6, 6.07) is 23.9. The number of Topliss-reactive ketones (excluding diaryl/α,β-unsaturated/α-hetero) is 1. The second kappa shape index (κ2) is 7.83. The first kappa shape index (κ1) is 20.8. The molecule has 0 amide bonds. The highest BCUT2D eigenvalue weighted by Gasteiger charge is 2.29. The molecule has 1 aliphatic rings. The highest BCUT2D eigenvalue weighted by molar-refractivity contribution is 7.90. The van der Waals surface area contributed by atoms with Gasteiger partial charge in [-0.1, -0.05) is 72.3 Å². The molecule has 1 aliphatic carbocycles. The van der Waals surface area contributed by atoms with Crippen LogP contribution < -0.4 is 0 Å². The molecule has 1 N–H and O–H groups in total. The molecule has 0 saturated carbocycles. The minimum absolute atomic E-state index is 0.0616. The van der Waals surface area contributed by atoms with Gasteiger partial charge in [0.1, 0.15) is 5.75 Å². The van der Waals surface area contributed by atoms with Gasteiger partial charge in [-0.2, -0.15) is 12.8 Å². The zero-order chi connectivity index (χ0) is 23.2. The van der Waals surface area contributed by atoms with Crippen molar-refractivity contribution in [1.29, 1.82) is 0 Å². The van der Waals surface area contributed by atoms with Crippen LogP contribution in [0.15, 0.2) is 100 Å². The number of benzene rings is 4. The van der Waals surface area contributed by atoms with Crippen LogP contribution in [0, 0.1) is 6.92 Å². The molecule has 0 saturated heterocycles. The lowest BCUT2D eigenvalue weighted by atomic mass is 9.84. The average molecular weight is 454 g/mol. The van der Waals surface area contributed by atoms with Gasteiger partial charge in [-0.05, 0) is 42.0 Å². The normalized spacial score (nSPS) is 14.9. The Morgan fingerprint density at radius 1 is 0.788 bits per heavy atom. The monoisotopic (exact) mass is 453 g/mol.